The Morgan fingerprint density at radius 2 is 1.67 bits per heavy atom. The zero-order valence-corrected chi connectivity index (χ0v) is 12.4. The molecule has 1 unspecified atom stereocenters. The molecule has 2 saturated heterocycles. The van der Waals surface area contributed by atoms with Crippen molar-refractivity contribution >= 4 is 21.7 Å². The number of hydrogen-bond acceptors (Lipinski definition) is 5. The number of sulfone groups is 1. The van der Waals surface area contributed by atoms with E-state index in [0.717, 1.165) is 12.8 Å². The highest BCUT2D eigenvalue weighted by atomic mass is 32.2. The molecule has 0 bridgehead atoms. The van der Waals surface area contributed by atoms with Crippen LogP contribution in [0, 0.1) is 0 Å². The van der Waals surface area contributed by atoms with E-state index in [4.69, 9.17) is 9.84 Å². The van der Waals surface area contributed by atoms with Gasteiger partial charge < -0.3 is 14.7 Å². The fourth-order valence-electron chi connectivity index (χ4n) is 3.17. The molecule has 0 aromatic rings. The Morgan fingerprint density at radius 1 is 1.00 bits per heavy atom. The summed E-state index contributed by atoms with van der Waals surface area (Å²) in [5.74, 6) is -1.14. The summed E-state index contributed by atoms with van der Waals surface area (Å²) < 4.78 is 28.6. The first kappa shape index (κ1) is 14.8. The van der Waals surface area contributed by atoms with Crippen molar-refractivity contribution in [2.24, 2.45) is 0 Å². The van der Waals surface area contributed by atoms with Gasteiger partial charge in [0.25, 0.3) is 5.91 Å². The lowest BCUT2D eigenvalue weighted by Gasteiger charge is -2.30. The van der Waals surface area contributed by atoms with Gasteiger partial charge in [0.05, 0.1) is 11.5 Å². The van der Waals surface area contributed by atoms with Gasteiger partial charge in [-0.1, -0.05) is 0 Å². The maximum absolute atomic E-state index is 12.6. The van der Waals surface area contributed by atoms with Gasteiger partial charge in [0.15, 0.2) is 15.9 Å². The molecule has 7 nitrogen and oxygen atoms in total. The molecule has 0 aromatic carbocycles. The SMILES string of the molecule is O=C(O)[C@H]1CC[C@@H](C(=O)N(C2CC2)C2CCS(=O)(=O)C2)O1. The average Bonchev–Trinajstić information content (AvgIpc) is 2.98. The smallest absolute Gasteiger partial charge is 0.332 e. The number of amides is 1. The zero-order chi connectivity index (χ0) is 15.2. The number of rotatable bonds is 4. The molecule has 1 aliphatic carbocycles. The summed E-state index contributed by atoms with van der Waals surface area (Å²) in [5.41, 5.74) is 0. The predicted octanol–water partition coefficient (Wildman–Crippen LogP) is -0.203. The van der Waals surface area contributed by atoms with E-state index in [1.54, 1.807) is 4.90 Å². The van der Waals surface area contributed by atoms with Crippen LogP contribution in [0.2, 0.25) is 0 Å². The second kappa shape index (κ2) is 5.24. The second-order valence-electron chi connectivity index (χ2n) is 6.06. The van der Waals surface area contributed by atoms with Gasteiger partial charge >= 0.3 is 5.97 Å². The maximum Gasteiger partial charge on any atom is 0.332 e. The van der Waals surface area contributed by atoms with Crippen molar-refractivity contribution in [1.82, 2.24) is 4.90 Å². The molecule has 0 radical (unpaired) electrons. The Morgan fingerprint density at radius 3 is 2.14 bits per heavy atom. The lowest BCUT2D eigenvalue weighted by molar-refractivity contribution is -0.155. The molecule has 3 atom stereocenters. The van der Waals surface area contributed by atoms with Gasteiger partial charge in [0.2, 0.25) is 0 Å². The lowest BCUT2D eigenvalue weighted by atomic mass is 10.1. The van der Waals surface area contributed by atoms with E-state index in [0.29, 0.717) is 19.3 Å². The topological polar surface area (TPSA) is 101 Å². The van der Waals surface area contributed by atoms with Crippen molar-refractivity contribution in [2.45, 2.75) is 56.4 Å². The van der Waals surface area contributed by atoms with Crippen LogP contribution in [-0.4, -0.2) is 66.1 Å². The molecule has 8 heteroatoms. The van der Waals surface area contributed by atoms with Crippen LogP contribution >= 0.6 is 0 Å². The Labute approximate surface area is 123 Å². The minimum Gasteiger partial charge on any atom is -0.479 e. The van der Waals surface area contributed by atoms with Gasteiger partial charge in [-0.2, -0.15) is 0 Å². The fraction of sp³-hybridized carbons (Fsp3) is 0.846. The van der Waals surface area contributed by atoms with E-state index in [2.05, 4.69) is 0 Å². The average molecular weight is 317 g/mol. The minimum absolute atomic E-state index is 0.0182. The molecule has 2 aliphatic heterocycles. The van der Waals surface area contributed by atoms with Crippen molar-refractivity contribution < 1.29 is 27.9 Å². The van der Waals surface area contributed by atoms with E-state index >= 15 is 0 Å². The first-order valence-corrected chi connectivity index (χ1v) is 9.10. The molecule has 0 aromatic heterocycles. The number of hydrogen-bond donors (Lipinski definition) is 1. The Balaban J connectivity index is 1.70. The Bertz CT molecular complexity index is 555. The van der Waals surface area contributed by atoms with Crippen LogP contribution in [0.5, 0.6) is 0 Å². The lowest BCUT2D eigenvalue weighted by Crippen LogP contribution is -2.47. The van der Waals surface area contributed by atoms with Crippen LogP contribution in [0.15, 0.2) is 0 Å². The quantitative estimate of drug-likeness (QED) is 0.770. The minimum atomic E-state index is -3.06. The second-order valence-corrected chi connectivity index (χ2v) is 8.29. The van der Waals surface area contributed by atoms with Gasteiger partial charge in [-0.15, -0.1) is 0 Å². The summed E-state index contributed by atoms with van der Waals surface area (Å²) in [6.45, 7) is 0. The molecular weight excluding hydrogens is 298 g/mol. The monoisotopic (exact) mass is 317 g/mol. The number of nitrogens with zero attached hydrogens (tertiary/aromatic N) is 1. The Kier molecular flexibility index (Phi) is 3.69. The van der Waals surface area contributed by atoms with E-state index in [-0.39, 0.29) is 29.5 Å². The molecule has 1 N–H and O–H groups in total. The summed E-state index contributed by atoms with van der Waals surface area (Å²) in [6, 6.07) is -0.175. The zero-order valence-electron chi connectivity index (χ0n) is 11.6. The van der Waals surface area contributed by atoms with Crippen molar-refractivity contribution in [2.75, 3.05) is 11.5 Å². The van der Waals surface area contributed by atoms with Crippen LogP contribution in [0.3, 0.4) is 0 Å². The molecule has 1 amide bonds. The number of aliphatic carboxylic acids is 1. The molecule has 0 spiro atoms. The molecule has 3 fully saturated rings. The summed E-state index contributed by atoms with van der Waals surface area (Å²) in [7, 11) is -3.06. The van der Waals surface area contributed by atoms with Gasteiger partial charge in [-0.25, -0.2) is 13.2 Å². The normalized spacial score (nSPS) is 34.8. The van der Waals surface area contributed by atoms with Crippen LogP contribution in [0.1, 0.15) is 32.1 Å². The molecular formula is C13H19NO6S. The van der Waals surface area contributed by atoms with Gasteiger partial charge in [-0.3, -0.25) is 4.79 Å². The number of carbonyl (C=O) groups is 2. The van der Waals surface area contributed by atoms with Crippen LogP contribution in [-0.2, 0) is 24.2 Å². The van der Waals surface area contributed by atoms with E-state index in [1.165, 1.54) is 0 Å². The predicted molar refractivity (Wildman–Crippen MR) is 72.5 cm³/mol. The third-order valence-electron chi connectivity index (χ3n) is 4.37. The van der Waals surface area contributed by atoms with Crippen molar-refractivity contribution in [3.05, 3.63) is 0 Å². The van der Waals surface area contributed by atoms with Gasteiger partial charge in [-0.05, 0) is 32.1 Å². The Hall–Kier alpha value is -1.15. The summed E-state index contributed by atoms with van der Waals surface area (Å²) >= 11 is 0. The van der Waals surface area contributed by atoms with Gasteiger partial charge in [0, 0.05) is 12.1 Å². The van der Waals surface area contributed by atoms with Gasteiger partial charge in [0.1, 0.15) is 6.10 Å². The van der Waals surface area contributed by atoms with Crippen LogP contribution < -0.4 is 0 Å². The van der Waals surface area contributed by atoms with Crippen LogP contribution in [0.25, 0.3) is 0 Å². The van der Waals surface area contributed by atoms with E-state index in [1.807, 2.05) is 0 Å². The third-order valence-corrected chi connectivity index (χ3v) is 6.12. The molecule has 118 valence electrons. The highest BCUT2D eigenvalue weighted by molar-refractivity contribution is 7.91. The van der Waals surface area contributed by atoms with E-state index < -0.39 is 28.0 Å². The highest BCUT2D eigenvalue weighted by Crippen LogP contribution is 2.34. The highest BCUT2D eigenvalue weighted by Gasteiger charge is 2.46. The third kappa shape index (κ3) is 3.06. The van der Waals surface area contributed by atoms with Crippen molar-refractivity contribution in [1.29, 1.82) is 0 Å². The molecule has 2 heterocycles. The summed E-state index contributed by atoms with van der Waals surface area (Å²) in [5, 5.41) is 8.92. The maximum atomic E-state index is 12.6. The largest absolute Gasteiger partial charge is 0.479 e. The number of ether oxygens (including phenoxy) is 1. The summed E-state index contributed by atoms with van der Waals surface area (Å²) in [4.78, 5) is 25.2. The number of carboxylic acids is 1. The van der Waals surface area contributed by atoms with Crippen molar-refractivity contribution in [3.63, 3.8) is 0 Å². The molecule has 21 heavy (non-hydrogen) atoms. The first-order chi connectivity index (χ1) is 9.87. The fourth-order valence-corrected chi connectivity index (χ4v) is 4.88. The summed E-state index contributed by atoms with van der Waals surface area (Å²) in [6.07, 6.45) is 1.29. The number of carboxylic acid groups (broad SMARTS) is 1. The van der Waals surface area contributed by atoms with E-state index in [9.17, 15) is 18.0 Å². The molecule has 3 rings (SSSR count). The van der Waals surface area contributed by atoms with Crippen LogP contribution in [0.4, 0.5) is 0 Å². The molecule has 3 aliphatic rings. The first-order valence-electron chi connectivity index (χ1n) is 7.28. The molecule has 1 saturated carbocycles. The van der Waals surface area contributed by atoms with Crippen molar-refractivity contribution in [3.8, 4) is 0 Å². The number of carbonyl (C=O) groups excluding carboxylic acids is 1. The standard InChI is InChI=1S/C13H19NO6S/c15-12(10-3-4-11(20-10)13(16)17)14(8-1-2-8)9-5-6-21(18,19)7-9/h8-11H,1-7H2,(H,16,17)/t9?,10-,11+/m0/s1.